The molecular weight excluding hydrogens is 362 g/mol. The van der Waals surface area contributed by atoms with E-state index in [1.807, 2.05) is 50.2 Å². The van der Waals surface area contributed by atoms with Crippen molar-refractivity contribution < 1.29 is 9.53 Å². The van der Waals surface area contributed by atoms with Gasteiger partial charge in [0.2, 0.25) is 5.91 Å². The molecule has 0 radical (unpaired) electrons. The SMILES string of the molecule is COc1ccc(C)cc1NC(=O)C(C)N1C[C@@H](N)[C@H](c2ccccc2)C1.Cl. The third-order valence-electron chi connectivity index (χ3n) is 5.16. The maximum atomic E-state index is 12.8. The highest BCUT2D eigenvalue weighted by molar-refractivity contribution is 5.96. The van der Waals surface area contributed by atoms with Gasteiger partial charge in [-0.3, -0.25) is 9.69 Å². The number of rotatable bonds is 5. The number of hydrogen-bond acceptors (Lipinski definition) is 4. The smallest absolute Gasteiger partial charge is 0.241 e. The third kappa shape index (κ3) is 4.80. The number of ether oxygens (including phenoxy) is 1. The quantitative estimate of drug-likeness (QED) is 0.824. The van der Waals surface area contributed by atoms with Crippen LogP contribution in [0.1, 0.15) is 24.0 Å². The first kappa shape index (κ1) is 21.2. The Morgan fingerprint density at radius 1 is 1.22 bits per heavy atom. The number of nitrogens with zero attached hydrogens (tertiary/aromatic N) is 1. The molecule has 3 atom stereocenters. The van der Waals surface area contributed by atoms with Crippen molar-refractivity contribution in [3.05, 3.63) is 59.7 Å². The molecule has 1 unspecified atom stereocenters. The molecule has 1 heterocycles. The standard InChI is InChI=1S/C21H27N3O2.ClH/c1-14-9-10-20(26-3)19(11-14)23-21(25)15(2)24-12-17(18(22)13-24)16-7-5-4-6-8-16;/h4-11,15,17-18H,12-13,22H2,1-3H3,(H,23,25);1H/t15?,17-,18+;/m0./s1. The molecule has 5 nitrogen and oxygen atoms in total. The van der Waals surface area contributed by atoms with Gasteiger partial charge in [0.1, 0.15) is 5.75 Å². The lowest BCUT2D eigenvalue weighted by Gasteiger charge is -2.24. The van der Waals surface area contributed by atoms with E-state index >= 15 is 0 Å². The third-order valence-corrected chi connectivity index (χ3v) is 5.16. The zero-order valence-electron chi connectivity index (χ0n) is 16.0. The minimum atomic E-state index is -0.264. The van der Waals surface area contributed by atoms with Crippen LogP contribution in [0.15, 0.2) is 48.5 Å². The Morgan fingerprint density at radius 2 is 1.93 bits per heavy atom. The van der Waals surface area contributed by atoms with Crippen LogP contribution in [0.2, 0.25) is 0 Å². The summed E-state index contributed by atoms with van der Waals surface area (Å²) in [7, 11) is 1.60. The first-order valence-corrected chi connectivity index (χ1v) is 8.99. The Balaban J connectivity index is 0.00000261. The van der Waals surface area contributed by atoms with E-state index in [9.17, 15) is 4.79 Å². The molecule has 1 aliphatic heterocycles. The van der Waals surface area contributed by atoms with Crippen molar-refractivity contribution in [2.45, 2.75) is 31.8 Å². The van der Waals surface area contributed by atoms with Crippen LogP contribution in [0, 0.1) is 6.92 Å². The number of nitrogens with one attached hydrogen (secondary N) is 1. The highest BCUT2D eigenvalue weighted by Crippen LogP contribution is 2.29. The van der Waals surface area contributed by atoms with Gasteiger partial charge in [-0.2, -0.15) is 0 Å². The van der Waals surface area contributed by atoms with E-state index in [0.717, 1.165) is 12.1 Å². The van der Waals surface area contributed by atoms with Gasteiger partial charge in [0.15, 0.2) is 0 Å². The number of anilines is 1. The highest BCUT2D eigenvalue weighted by atomic mass is 35.5. The van der Waals surface area contributed by atoms with Gasteiger partial charge < -0.3 is 15.8 Å². The molecule has 0 aromatic heterocycles. The van der Waals surface area contributed by atoms with E-state index in [0.29, 0.717) is 18.0 Å². The molecule has 1 fully saturated rings. The number of likely N-dealkylation sites (tertiary alicyclic amines) is 1. The molecule has 0 bridgehead atoms. The van der Waals surface area contributed by atoms with Crippen LogP contribution in [-0.2, 0) is 4.79 Å². The number of nitrogens with two attached hydrogens (primary N) is 1. The van der Waals surface area contributed by atoms with E-state index in [2.05, 4.69) is 22.3 Å². The van der Waals surface area contributed by atoms with Crippen molar-refractivity contribution in [2.75, 3.05) is 25.5 Å². The summed E-state index contributed by atoms with van der Waals surface area (Å²) >= 11 is 0. The van der Waals surface area contributed by atoms with Crippen molar-refractivity contribution >= 4 is 24.0 Å². The van der Waals surface area contributed by atoms with Gasteiger partial charge in [-0.15, -0.1) is 12.4 Å². The van der Waals surface area contributed by atoms with E-state index in [-0.39, 0.29) is 36.3 Å². The summed E-state index contributed by atoms with van der Waals surface area (Å²) in [5.41, 5.74) is 9.37. The second-order valence-corrected chi connectivity index (χ2v) is 7.00. The van der Waals surface area contributed by atoms with Crippen LogP contribution >= 0.6 is 12.4 Å². The first-order valence-electron chi connectivity index (χ1n) is 8.99. The molecule has 2 aromatic carbocycles. The number of amides is 1. The van der Waals surface area contributed by atoms with Crippen molar-refractivity contribution in [3.8, 4) is 5.75 Å². The minimum absolute atomic E-state index is 0. The molecule has 0 aliphatic carbocycles. The van der Waals surface area contributed by atoms with Crippen LogP contribution < -0.4 is 15.8 Å². The first-order chi connectivity index (χ1) is 12.5. The summed E-state index contributed by atoms with van der Waals surface area (Å²) in [5.74, 6) is 0.867. The number of hydrogen-bond donors (Lipinski definition) is 2. The molecule has 27 heavy (non-hydrogen) atoms. The van der Waals surface area contributed by atoms with Crippen molar-refractivity contribution in [3.63, 3.8) is 0 Å². The number of halogens is 1. The van der Waals surface area contributed by atoms with Gasteiger partial charge in [-0.05, 0) is 37.1 Å². The number of carbonyl (C=O) groups excluding carboxylic acids is 1. The normalized spacial score (nSPS) is 20.6. The summed E-state index contributed by atoms with van der Waals surface area (Å²) in [4.78, 5) is 14.9. The summed E-state index contributed by atoms with van der Waals surface area (Å²) < 4.78 is 5.35. The molecule has 2 aromatic rings. The Morgan fingerprint density at radius 3 is 2.59 bits per heavy atom. The maximum absolute atomic E-state index is 12.8. The second-order valence-electron chi connectivity index (χ2n) is 7.00. The predicted octanol–water partition coefficient (Wildman–Crippen LogP) is 3.18. The molecule has 1 amide bonds. The number of benzene rings is 2. The molecule has 3 rings (SSSR count). The van der Waals surface area contributed by atoms with Gasteiger partial charge in [-0.25, -0.2) is 0 Å². The lowest BCUT2D eigenvalue weighted by Crippen LogP contribution is -2.41. The van der Waals surface area contributed by atoms with Gasteiger partial charge >= 0.3 is 0 Å². The van der Waals surface area contributed by atoms with E-state index in [4.69, 9.17) is 10.5 Å². The Kier molecular flexibility index (Phi) is 7.25. The number of methoxy groups -OCH3 is 1. The van der Waals surface area contributed by atoms with E-state index in [1.165, 1.54) is 5.56 Å². The molecule has 146 valence electrons. The zero-order valence-corrected chi connectivity index (χ0v) is 16.8. The van der Waals surface area contributed by atoms with Crippen LogP contribution in [-0.4, -0.2) is 43.1 Å². The second kappa shape index (κ2) is 9.22. The number of carbonyl (C=O) groups is 1. The number of aryl methyl sites for hydroxylation is 1. The molecule has 1 aliphatic rings. The fourth-order valence-electron chi connectivity index (χ4n) is 3.55. The van der Waals surface area contributed by atoms with Gasteiger partial charge in [0, 0.05) is 25.0 Å². The lowest BCUT2D eigenvalue weighted by molar-refractivity contribution is -0.120. The topological polar surface area (TPSA) is 67.6 Å². The average Bonchev–Trinajstić information content (AvgIpc) is 3.03. The average molecular weight is 390 g/mol. The molecule has 0 saturated carbocycles. The highest BCUT2D eigenvalue weighted by Gasteiger charge is 2.35. The maximum Gasteiger partial charge on any atom is 0.241 e. The Hall–Kier alpha value is -2.08. The van der Waals surface area contributed by atoms with Crippen molar-refractivity contribution in [1.29, 1.82) is 0 Å². The molecule has 0 spiro atoms. The van der Waals surface area contributed by atoms with E-state index in [1.54, 1.807) is 7.11 Å². The summed E-state index contributed by atoms with van der Waals surface area (Å²) in [6.45, 7) is 5.41. The van der Waals surface area contributed by atoms with Gasteiger partial charge in [0.05, 0.1) is 18.8 Å². The van der Waals surface area contributed by atoms with Crippen LogP contribution in [0.4, 0.5) is 5.69 Å². The van der Waals surface area contributed by atoms with Crippen LogP contribution in [0.5, 0.6) is 5.75 Å². The van der Waals surface area contributed by atoms with Crippen molar-refractivity contribution in [2.24, 2.45) is 5.73 Å². The fourth-order valence-corrected chi connectivity index (χ4v) is 3.55. The molecular formula is C21H28ClN3O2. The predicted molar refractivity (Wildman–Crippen MR) is 112 cm³/mol. The molecule has 1 saturated heterocycles. The van der Waals surface area contributed by atoms with Gasteiger partial charge in [-0.1, -0.05) is 36.4 Å². The monoisotopic (exact) mass is 389 g/mol. The molecule has 6 heteroatoms. The van der Waals surface area contributed by atoms with Crippen LogP contribution in [0.3, 0.4) is 0 Å². The summed E-state index contributed by atoms with van der Waals surface area (Å²) in [6.07, 6.45) is 0. The van der Waals surface area contributed by atoms with E-state index < -0.39 is 0 Å². The Labute approximate surface area is 167 Å². The largest absolute Gasteiger partial charge is 0.495 e. The fraction of sp³-hybridized carbons (Fsp3) is 0.381. The zero-order chi connectivity index (χ0) is 18.7. The van der Waals surface area contributed by atoms with Crippen LogP contribution in [0.25, 0.3) is 0 Å². The lowest BCUT2D eigenvalue weighted by atomic mass is 9.95. The Bertz CT molecular complexity index is 769. The summed E-state index contributed by atoms with van der Waals surface area (Å²) in [6, 6.07) is 15.8. The summed E-state index contributed by atoms with van der Waals surface area (Å²) in [5, 5.41) is 3.00. The van der Waals surface area contributed by atoms with Crippen molar-refractivity contribution in [1.82, 2.24) is 4.90 Å². The molecule has 3 N–H and O–H groups in total. The minimum Gasteiger partial charge on any atom is -0.495 e. The van der Waals surface area contributed by atoms with Gasteiger partial charge in [0.25, 0.3) is 0 Å².